The number of carbonyl (C=O) groups is 1. The smallest absolute Gasteiger partial charge is 0.239 e. The van der Waals surface area contributed by atoms with E-state index in [4.69, 9.17) is 0 Å². The molecule has 5 heteroatoms. The number of rotatable bonds is 1. The molecule has 0 atom stereocenters. The van der Waals surface area contributed by atoms with Gasteiger partial charge in [0.1, 0.15) is 12.1 Å². The first-order chi connectivity index (χ1) is 8.34. The molecule has 0 radical (unpaired) electrons. The normalized spacial score (nSPS) is 19.8. The highest BCUT2D eigenvalue weighted by Gasteiger charge is 2.23. The van der Waals surface area contributed by atoms with Crippen LogP contribution in [0.1, 0.15) is 24.1 Å². The van der Waals surface area contributed by atoms with E-state index < -0.39 is 0 Å². The van der Waals surface area contributed by atoms with Gasteiger partial charge in [-0.05, 0) is 25.7 Å². The summed E-state index contributed by atoms with van der Waals surface area (Å²) in [5.74, 6) is 1.06. The Morgan fingerprint density at radius 3 is 3.00 bits per heavy atom. The Morgan fingerprint density at radius 2 is 2.12 bits per heavy atom. The Balaban J connectivity index is 1.94. The molecule has 1 saturated heterocycles. The van der Waals surface area contributed by atoms with Gasteiger partial charge in [0.2, 0.25) is 5.91 Å². The molecule has 0 bridgehead atoms. The van der Waals surface area contributed by atoms with Crippen molar-refractivity contribution in [2.45, 2.75) is 25.7 Å². The largest absolute Gasteiger partial charge is 0.353 e. The van der Waals surface area contributed by atoms with E-state index in [9.17, 15) is 4.79 Å². The zero-order chi connectivity index (χ0) is 11.7. The number of hydrogen-bond acceptors (Lipinski definition) is 4. The van der Waals surface area contributed by atoms with Crippen LogP contribution in [0.4, 0.5) is 5.82 Å². The van der Waals surface area contributed by atoms with Gasteiger partial charge in [-0.3, -0.25) is 4.79 Å². The molecule has 0 unspecified atom stereocenters. The molecule has 1 amide bonds. The lowest BCUT2D eigenvalue weighted by atomic mass is 9.96. The molecule has 2 aliphatic rings. The second-order valence-corrected chi connectivity index (χ2v) is 4.60. The van der Waals surface area contributed by atoms with Crippen molar-refractivity contribution >= 4 is 11.7 Å². The molecule has 1 aliphatic carbocycles. The van der Waals surface area contributed by atoms with Gasteiger partial charge in [-0.2, -0.15) is 0 Å². The SMILES string of the molecule is O=C1CN(c2ncnc3c2CCCC3)CCN1. The molecule has 1 aromatic heterocycles. The van der Waals surface area contributed by atoms with Crippen LogP contribution in [0.2, 0.25) is 0 Å². The first-order valence-corrected chi connectivity index (χ1v) is 6.19. The van der Waals surface area contributed by atoms with Gasteiger partial charge in [0, 0.05) is 24.3 Å². The second kappa shape index (κ2) is 4.31. The minimum Gasteiger partial charge on any atom is -0.353 e. The van der Waals surface area contributed by atoms with Gasteiger partial charge < -0.3 is 10.2 Å². The molecule has 3 rings (SSSR count). The number of piperazine rings is 1. The number of anilines is 1. The highest BCUT2D eigenvalue weighted by molar-refractivity contribution is 5.82. The summed E-state index contributed by atoms with van der Waals surface area (Å²) in [5.41, 5.74) is 2.43. The maximum atomic E-state index is 11.4. The first kappa shape index (κ1) is 10.5. The highest BCUT2D eigenvalue weighted by Crippen LogP contribution is 2.27. The van der Waals surface area contributed by atoms with Gasteiger partial charge >= 0.3 is 0 Å². The zero-order valence-corrected chi connectivity index (χ0v) is 9.78. The summed E-state index contributed by atoms with van der Waals surface area (Å²) in [6.07, 6.45) is 6.14. The molecule has 1 aromatic rings. The standard InChI is InChI=1S/C12H16N4O/c17-11-7-16(6-5-13-11)12-9-3-1-2-4-10(9)14-8-15-12/h8H,1-7H2,(H,13,17). The fourth-order valence-electron chi connectivity index (χ4n) is 2.60. The Hall–Kier alpha value is -1.65. The summed E-state index contributed by atoms with van der Waals surface area (Å²) in [7, 11) is 0. The molecule has 0 aromatic carbocycles. The fraction of sp³-hybridized carbons (Fsp3) is 0.583. The average Bonchev–Trinajstić information content (AvgIpc) is 2.38. The minimum absolute atomic E-state index is 0.0828. The summed E-state index contributed by atoms with van der Waals surface area (Å²) >= 11 is 0. The number of nitrogens with zero attached hydrogens (tertiary/aromatic N) is 3. The molecule has 0 saturated carbocycles. The van der Waals surface area contributed by atoms with Gasteiger partial charge in [-0.25, -0.2) is 9.97 Å². The third kappa shape index (κ3) is 1.97. The zero-order valence-electron chi connectivity index (χ0n) is 9.78. The van der Waals surface area contributed by atoms with E-state index in [1.165, 1.54) is 24.1 Å². The lowest BCUT2D eigenvalue weighted by molar-refractivity contribution is -0.120. The molecular weight excluding hydrogens is 216 g/mol. The number of amides is 1. The van der Waals surface area contributed by atoms with E-state index in [-0.39, 0.29) is 5.91 Å². The molecule has 2 heterocycles. The van der Waals surface area contributed by atoms with Crippen LogP contribution in [-0.2, 0) is 17.6 Å². The fourth-order valence-corrected chi connectivity index (χ4v) is 2.60. The van der Waals surface area contributed by atoms with E-state index in [1.54, 1.807) is 6.33 Å². The lowest BCUT2D eigenvalue weighted by Gasteiger charge is -2.30. The van der Waals surface area contributed by atoms with Gasteiger partial charge in [0.15, 0.2) is 0 Å². The van der Waals surface area contributed by atoms with Crippen molar-refractivity contribution in [3.05, 3.63) is 17.6 Å². The second-order valence-electron chi connectivity index (χ2n) is 4.60. The Morgan fingerprint density at radius 1 is 1.24 bits per heavy atom. The molecule has 0 spiro atoms. The van der Waals surface area contributed by atoms with E-state index in [0.29, 0.717) is 13.1 Å². The molecule has 5 nitrogen and oxygen atoms in total. The topological polar surface area (TPSA) is 58.1 Å². The van der Waals surface area contributed by atoms with Crippen molar-refractivity contribution in [1.29, 1.82) is 0 Å². The predicted octanol–water partition coefficient (Wildman–Crippen LogP) is 0.292. The predicted molar refractivity (Wildman–Crippen MR) is 63.9 cm³/mol. The number of aromatic nitrogens is 2. The van der Waals surface area contributed by atoms with Crippen molar-refractivity contribution in [3.63, 3.8) is 0 Å². The van der Waals surface area contributed by atoms with Crippen LogP contribution in [0.5, 0.6) is 0 Å². The van der Waals surface area contributed by atoms with Crippen molar-refractivity contribution in [1.82, 2.24) is 15.3 Å². The number of nitrogens with one attached hydrogen (secondary N) is 1. The number of fused-ring (bicyclic) bond motifs is 1. The molecule has 17 heavy (non-hydrogen) atoms. The first-order valence-electron chi connectivity index (χ1n) is 6.19. The van der Waals surface area contributed by atoms with Gasteiger partial charge in [0.25, 0.3) is 0 Å². The van der Waals surface area contributed by atoms with Crippen LogP contribution < -0.4 is 10.2 Å². The van der Waals surface area contributed by atoms with Crippen molar-refractivity contribution in [3.8, 4) is 0 Å². The molecule has 1 fully saturated rings. The van der Waals surface area contributed by atoms with Crippen molar-refractivity contribution < 1.29 is 4.79 Å². The summed E-state index contributed by atoms with van der Waals surface area (Å²) in [5, 5.41) is 2.84. The monoisotopic (exact) mass is 232 g/mol. The number of aryl methyl sites for hydroxylation is 1. The van der Waals surface area contributed by atoms with Gasteiger partial charge in [-0.15, -0.1) is 0 Å². The molecule has 1 aliphatic heterocycles. The summed E-state index contributed by atoms with van der Waals surface area (Å²) in [6, 6.07) is 0. The maximum Gasteiger partial charge on any atom is 0.239 e. The third-order valence-electron chi connectivity index (χ3n) is 3.44. The van der Waals surface area contributed by atoms with Crippen LogP contribution in [0.15, 0.2) is 6.33 Å². The van der Waals surface area contributed by atoms with Crippen LogP contribution >= 0.6 is 0 Å². The minimum atomic E-state index is 0.0828. The Labute approximate surface area is 100 Å². The summed E-state index contributed by atoms with van der Waals surface area (Å²) in [4.78, 5) is 22.2. The van der Waals surface area contributed by atoms with Gasteiger partial charge in [0.05, 0.1) is 6.54 Å². The Bertz CT molecular complexity index is 446. The average molecular weight is 232 g/mol. The summed E-state index contributed by atoms with van der Waals surface area (Å²) < 4.78 is 0. The van der Waals surface area contributed by atoms with E-state index >= 15 is 0 Å². The maximum absolute atomic E-state index is 11.4. The number of carbonyl (C=O) groups excluding carboxylic acids is 1. The van der Waals surface area contributed by atoms with E-state index in [1.807, 2.05) is 0 Å². The van der Waals surface area contributed by atoms with Crippen LogP contribution in [0.3, 0.4) is 0 Å². The molecular formula is C12H16N4O. The van der Waals surface area contributed by atoms with E-state index in [0.717, 1.165) is 25.2 Å². The van der Waals surface area contributed by atoms with Crippen LogP contribution in [0.25, 0.3) is 0 Å². The quantitative estimate of drug-likeness (QED) is 0.756. The van der Waals surface area contributed by atoms with E-state index in [2.05, 4.69) is 20.2 Å². The molecule has 90 valence electrons. The lowest BCUT2D eigenvalue weighted by Crippen LogP contribution is -2.48. The van der Waals surface area contributed by atoms with Gasteiger partial charge in [-0.1, -0.05) is 0 Å². The van der Waals surface area contributed by atoms with Crippen LogP contribution in [0, 0.1) is 0 Å². The third-order valence-corrected chi connectivity index (χ3v) is 3.44. The number of hydrogen-bond donors (Lipinski definition) is 1. The van der Waals surface area contributed by atoms with Crippen molar-refractivity contribution in [2.24, 2.45) is 0 Å². The highest BCUT2D eigenvalue weighted by atomic mass is 16.2. The van der Waals surface area contributed by atoms with Crippen molar-refractivity contribution in [2.75, 3.05) is 24.5 Å². The molecule has 1 N–H and O–H groups in total. The van der Waals surface area contributed by atoms with Crippen LogP contribution in [-0.4, -0.2) is 35.5 Å². The Kier molecular flexibility index (Phi) is 2.66. The summed E-state index contributed by atoms with van der Waals surface area (Å²) in [6.45, 7) is 1.97.